The SMILES string of the molecule is C[N+](C)(C)CCCN1C(=O)c2cc(Br)c3c4c(cc(Br)c(c24)C1=O)C(=O)N(CCC[N+](C)(C)C)C3=O. The van der Waals surface area contributed by atoms with Gasteiger partial charge in [0.25, 0.3) is 23.6 Å². The molecule has 192 valence electrons. The van der Waals surface area contributed by atoms with Crippen molar-refractivity contribution in [3.63, 3.8) is 0 Å². The lowest BCUT2D eigenvalue weighted by molar-refractivity contribution is -0.870. The number of imide groups is 2. The van der Waals surface area contributed by atoms with Crippen LogP contribution in [0.1, 0.15) is 54.3 Å². The molecule has 0 spiro atoms. The van der Waals surface area contributed by atoms with E-state index in [0.29, 0.717) is 67.9 Å². The van der Waals surface area contributed by atoms with E-state index < -0.39 is 23.6 Å². The Kier molecular flexibility index (Phi) is 6.96. The molecule has 4 amide bonds. The first-order chi connectivity index (χ1) is 16.6. The lowest BCUT2D eigenvalue weighted by Gasteiger charge is -2.34. The molecule has 0 unspecified atom stereocenters. The van der Waals surface area contributed by atoms with E-state index in [4.69, 9.17) is 0 Å². The van der Waals surface area contributed by atoms with Crippen molar-refractivity contribution in [2.24, 2.45) is 0 Å². The van der Waals surface area contributed by atoms with Crippen molar-refractivity contribution < 1.29 is 28.1 Å². The molecule has 0 bridgehead atoms. The quantitative estimate of drug-likeness (QED) is 0.332. The van der Waals surface area contributed by atoms with E-state index in [9.17, 15) is 19.2 Å². The zero-order valence-electron chi connectivity index (χ0n) is 21.6. The Labute approximate surface area is 228 Å². The molecule has 0 radical (unpaired) electrons. The number of carbonyl (C=O) groups is 4. The fourth-order valence-electron chi connectivity index (χ4n) is 4.88. The molecule has 0 saturated carbocycles. The van der Waals surface area contributed by atoms with E-state index in [-0.39, 0.29) is 0 Å². The molecule has 8 nitrogen and oxygen atoms in total. The van der Waals surface area contributed by atoms with Gasteiger partial charge < -0.3 is 8.97 Å². The molecular formula is C26H32Br2N4O4+2. The molecule has 10 heteroatoms. The van der Waals surface area contributed by atoms with Crippen LogP contribution < -0.4 is 0 Å². The summed E-state index contributed by atoms with van der Waals surface area (Å²) in [6.07, 6.45) is 1.32. The maximum atomic E-state index is 13.5. The van der Waals surface area contributed by atoms with Gasteiger partial charge in [0.2, 0.25) is 0 Å². The van der Waals surface area contributed by atoms with Crippen LogP contribution in [0.15, 0.2) is 21.1 Å². The monoisotopic (exact) mass is 622 g/mol. The highest BCUT2D eigenvalue weighted by atomic mass is 79.9. The average Bonchev–Trinajstić information content (AvgIpc) is 2.74. The maximum absolute atomic E-state index is 13.5. The van der Waals surface area contributed by atoms with Gasteiger partial charge in [-0.15, -0.1) is 0 Å². The van der Waals surface area contributed by atoms with E-state index >= 15 is 0 Å². The number of hydrogen-bond donors (Lipinski definition) is 0. The Morgan fingerprint density at radius 1 is 0.611 bits per heavy atom. The van der Waals surface area contributed by atoms with E-state index in [1.807, 2.05) is 0 Å². The highest BCUT2D eigenvalue weighted by Crippen LogP contribution is 2.44. The van der Waals surface area contributed by atoms with Gasteiger partial charge in [-0.3, -0.25) is 29.0 Å². The predicted molar refractivity (Wildman–Crippen MR) is 145 cm³/mol. The molecule has 2 aromatic rings. The molecule has 0 aromatic heterocycles. The molecular weight excluding hydrogens is 592 g/mol. The van der Waals surface area contributed by atoms with Gasteiger partial charge in [0.15, 0.2) is 0 Å². The second-order valence-corrected chi connectivity index (χ2v) is 13.3. The molecule has 2 aromatic carbocycles. The summed E-state index contributed by atoms with van der Waals surface area (Å²) in [7, 11) is 12.4. The average molecular weight is 624 g/mol. The van der Waals surface area contributed by atoms with E-state index in [2.05, 4.69) is 74.1 Å². The van der Waals surface area contributed by atoms with Crippen LogP contribution in [0.4, 0.5) is 0 Å². The largest absolute Gasteiger partial charge is 0.331 e. The maximum Gasteiger partial charge on any atom is 0.262 e. The van der Waals surface area contributed by atoms with Gasteiger partial charge in [0, 0.05) is 56.8 Å². The zero-order chi connectivity index (χ0) is 26.7. The van der Waals surface area contributed by atoms with Gasteiger partial charge in [0.1, 0.15) is 0 Å². The molecule has 0 aliphatic carbocycles. The van der Waals surface area contributed by atoms with Crippen LogP contribution in [-0.2, 0) is 0 Å². The van der Waals surface area contributed by atoms with Crippen molar-refractivity contribution in [1.82, 2.24) is 9.80 Å². The highest BCUT2D eigenvalue weighted by molar-refractivity contribution is 9.10. The minimum absolute atomic E-state index is 0.291. The Bertz CT molecular complexity index is 1220. The summed E-state index contributed by atoms with van der Waals surface area (Å²) < 4.78 is 2.34. The number of rotatable bonds is 8. The van der Waals surface area contributed by atoms with Gasteiger partial charge in [0.05, 0.1) is 66.5 Å². The van der Waals surface area contributed by atoms with Crippen LogP contribution in [0.25, 0.3) is 10.8 Å². The second-order valence-electron chi connectivity index (χ2n) is 11.6. The Morgan fingerprint density at radius 3 is 1.25 bits per heavy atom. The molecule has 2 aliphatic rings. The Morgan fingerprint density at radius 2 is 0.944 bits per heavy atom. The summed E-state index contributed by atoms with van der Waals surface area (Å²) in [5.74, 6) is -1.64. The third-order valence-corrected chi connectivity index (χ3v) is 7.85. The van der Waals surface area contributed by atoms with E-state index in [0.717, 1.165) is 22.1 Å². The Balaban J connectivity index is 1.80. The minimum atomic E-state index is -0.411. The topological polar surface area (TPSA) is 74.8 Å². The van der Waals surface area contributed by atoms with Crippen molar-refractivity contribution >= 4 is 66.3 Å². The summed E-state index contributed by atoms with van der Waals surface area (Å²) in [6, 6.07) is 3.24. The van der Waals surface area contributed by atoms with E-state index in [1.54, 1.807) is 12.1 Å². The van der Waals surface area contributed by atoms with E-state index in [1.165, 1.54) is 9.80 Å². The van der Waals surface area contributed by atoms with Gasteiger partial charge >= 0.3 is 0 Å². The number of halogens is 2. The molecule has 2 aliphatic heterocycles. The van der Waals surface area contributed by atoms with Crippen LogP contribution in [-0.4, -0.2) is 111 Å². The highest BCUT2D eigenvalue weighted by Gasteiger charge is 2.42. The van der Waals surface area contributed by atoms with Gasteiger partial charge in [-0.05, 0) is 44.0 Å². The van der Waals surface area contributed by atoms with Gasteiger partial charge in [-0.2, -0.15) is 0 Å². The summed E-state index contributed by atoms with van der Waals surface area (Å²) in [5, 5.41) is 0.756. The number of amides is 4. The lowest BCUT2D eigenvalue weighted by atomic mass is 9.85. The number of benzene rings is 2. The number of carbonyl (C=O) groups excluding carboxylic acids is 4. The number of quaternary nitrogens is 2. The van der Waals surface area contributed by atoms with Crippen molar-refractivity contribution in [2.45, 2.75) is 12.8 Å². The van der Waals surface area contributed by atoms with Gasteiger partial charge in [-0.1, -0.05) is 0 Å². The normalized spacial score (nSPS) is 16.0. The van der Waals surface area contributed by atoms with Crippen molar-refractivity contribution in [3.05, 3.63) is 43.3 Å². The smallest absolute Gasteiger partial charge is 0.262 e. The van der Waals surface area contributed by atoms with Crippen molar-refractivity contribution in [1.29, 1.82) is 0 Å². The first-order valence-corrected chi connectivity index (χ1v) is 13.5. The molecule has 2 heterocycles. The molecule has 0 fully saturated rings. The van der Waals surface area contributed by atoms with Crippen LogP contribution in [0.5, 0.6) is 0 Å². The number of nitrogens with zero attached hydrogens (tertiary/aromatic N) is 4. The molecule has 0 saturated heterocycles. The fraction of sp³-hybridized carbons (Fsp3) is 0.462. The summed E-state index contributed by atoms with van der Waals surface area (Å²) >= 11 is 7.00. The first kappa shape index (κ1) is 26.9. The third-order valence-electron chi connectivity index (χ3n) is 6.60. The minimum Gasteiger partial charge on any atom is -0.331 e. The van der Waals surface area contributed by atoms with Crippen LogP contribution in [0.2, 0.25) is 0 Å². The first-order valence-electron chi connectivity index (χ1n) is 11.9. The summed E-state index contributed by atoms with van der Waals surface area (Å²) in [5.41, 5.74) is 1.28. The van der Waals surface area contributed by atoms with Crippen molar-refractivity contribution in [2.75, 3.05) is 68.5 Å². The third kappa shape index (κ3) is 4.76. The lowest BCUT2D eigenvalue weighted by Crippen LogP contribution is -2.45. The van der Waals surface area contributed by atoms with Crippen molar-refractivity contribution in [3.8, 4) is 0 Å². The van der Waals surface area contributed by atoms with Gasteiger partial charge in [-0.25, -0.2) is 0 Å². The van der Waals surface area contributed by atoms with Crippen LogP contribution >= 0.6 is 31.9 Å². The zero-order valence-corrected chi connectivity index (χ0v) is 24.7. The molecule has 0 N–H and O–H groups in total. The Hall–Kier alpha value is -2.14. The molecule has 36 heavy (non-hydrogen) atoms. The molecule has 0 atom stereocenters. The fourth-order valence-corrected chi connectivity index (χ4v) is 6.08. The summed E-state index contributed by atoms with van der Waals surface area (Å²) in [6.45, 7) is 2.18. The second kappa shape index (κ2) is 9.31. The van der Waals surface area contributed by atoms with Crippen LogP contribution in [0.3, 0.4) is 0 Å². The standard InChI is InChI=1S/C26H32Br2N4O4/c1-31(2,3)11-7-9-29-23(33)15-13-18(28)22-20-16(14-17(27)21(19(15)20)25(29)35)24(34)30(26(22)36)10-8-12-32(4,5)6/h13-14H,7-12H2,1-6H3/q+2. The number of hydrogen-bond acceptors (Lipinski definition) is 4. The predicted octanol–water partition coefficient (Wildman–Crippen LogP) is 3.75. The molecule has 4 rings (SSSR count). The summed E-state index contributed by atoms with van der Waals surface area (Å²) in [4.78, 5) is 56.6. The van der Waals surface area contributed by atoms with Crippen LogP contribution in [0, 0.1) is 0 Å².